The Hall–Kier alpha value is -1.90. The van der Waals surface area contributed by atoms with Crippen LogP contribution in [-0.2, 0) is 9.53 Å². The van der Waals surface area contributed by atoms with Gasteiger partial charge in [-0.15, -0.1) is 0 Å². The molecule has 106 valence electrons. The molecule has 3 nitrogen and oxygen atoms in total. The number of ether oxygens (including phenoxy) is 1. The maximum absolute atomic E-state index is 12.0. The van der Waals surface area contributed by atoms with Gasteiger partial charge >= 0.3 is 5.97 Å². The molecule has 3 heteroatoms. The van der Waals surface area contributed by atoms with Crippen LogP contribution < -0.4 is 0 Å². The fraction of sp³-hybridized carbons (Fsp3) is 0.412. The Morgan fingerprint density at radius 1 is 1.15 bits per heavy atom. The van der Waals surface area contributed by atoms with Gasteiger partial charge in [0.25, 0.3) is 0 Å². The molecule has 1 aromatic rings. The predicted octanol–water partition coefficient (Wildman–Crippen LogP) is 3.60. The topological polar surface area (TPSA) is 38.7 Å². The second-order valence-corrected chi connectivity index (χ2v) is 5.73. The van der Waals surface area contributed by atoms with Crippen molar-refractivity contribution in [3.63, 3.8) is 0 Å². The number of allylic oxidation sites excluding steroid dienone is 1. The lowest BCUT2D eigenvalue weighted by Gasteiger charge is -2.27. The number of benzene rings is 1. The first-order valence-corrected chi connectivity index (χ1v) is 7.06. The summed E-state index contributed by atoms with van der Waals surface area (Å²) >= 11 is 0. The number of carbonyl (C=O) groups is 1. The standard InChI is InChI=1S/C17H21NO2/c1-11(2)10-14-17(19)20-16(12(3)4)15(18-14)13-8-6-5-7-9-13/h5-12,16H,1-4H3/b14-10-/t16-/m0/s1. The van der Waals surface area contributed by atoms with Crippen LogP contribution in [-0.4, -0.2) is 17.8 Å². The third-order valence-electron chi connectivity index (χ3n) is 3.12. The van der Waals surface area contributed by atoms with Crippen LogP contribution in [0.3, 0.4) is 0 Å². The first-order valence-electron chi connectivity index (χ1n) is 7.06. The average molecular weight is 271 g/mol. The molecule has 0 aliphatic carbocycles. The molecule has 0 saturated carbocycles. The summed E-state index contributed by atoms with van der Waals surface area (Å²) in [5, 5.41) is 0. The molecule has 0 fully saturated rings. The molecule has 0 radical (unpaired) electrons. The van der Waals surface area contributed by atoms with Crippen LogP contribution in [0.2, 0.25) is 0 Å². The van der Waals surface area contributed by atoms with E-state index >= 15 is 0 Å². The van der Waals surface area contributed by atoms with Crippen LogP contribution in [0.5, 0.6) is 0 Å². The molecule has 2 rings (SSSR count). The highest BCUT2D eigenvalue weighted by Crippen LogP contribution is 2.23. The summed E-state index contributed by atoms with van der Waals surface area (Å²) in [4.78, 5) is 16.6. The second-order valence-electron chi connectivity index (χ2n) is 5.73. The number of rotatable bonds is 3. The van der Waals surface area contributed by atoms with Gasteiger partial charge in [-0.3, -0.25) is 0 Å². The lowest BCUT2D eigenvalue weighted by molar-refractivity contribution is -0.143. The van der Waals surface area contributed by atoms with Crippen molar-refractivity contribution in [2.75, 3.05) is 0 Å². The van der Waals surface area contributed by atoms with Gasteiger partial charge in [-0.1, -0.05) is 58.0 Å². The number of cyclic esters (lactones) is 1. The maximum atomic E-state index is 12.0. The van der Waals surface area contributed by atoms with Crippen molar-refractivity contribution in [3.05, 3.63) is 47.7 Å². The smallest absolute Gasteiger partial charge is 0.357 e. The van der Waals surface area contributed by atoms with Gasteiger partial charge in [-0.05, 0) is 23.5 Å². The Morgan fingerprint density at radius 3 is 2.35 bits per heavy atom. The molecule has 1 aliphatic rings. The highest BCUT2D eigenvalue weighted by Gasteiger charge is 2.31. The number of hydrogen-bond acceptors (Lipinski definition) is 3. The van der Waals surface area contributed by atoms with Gasteiger partial charge in [0.05, 0.1) is 5.71 Å². The zero-order chi connectivity index (χ0) is 14.7. The van der Waals surface area contributed by atoms with Crippen LogP contribution in [0.15, 0.2) is 47.1 Å². The van der Waals surface area contributed by atoms with Crippen molar-refractivity contribution in [1.82, 2.24) is 0 Å². The Labute approximate surface area is 120 Å². The zero-order valence-corrected chi connectivity index (χ0v) is 12.5. The van der Waals surface area contributed by atoms with E-state index < -0.39 is 0 Å². The highest BCUT2D eigenvalue weighted by atomic mass is 16.5. The van der Waals surface area contributed by atoms with Gasteiger partial charge in [0.1, 0.15) is 11.8 Å². The molecule has 0 saturated heterocycles. The number of nitrogens with zero attached hydrogens (tertiary/aromatic N) is 1. The van der Waals surface area contributed by atoms with Crippen LogP contribution in [0.25, 0.3) is 0 Å². The largest absolute Gasteiger partial charge is 0.451 e. The second kappa shape index (κ2) is 6.04. The molecule has 1 atom stereocenters. The summed E-state index contributed by atoms with van der Waals surface area (Å²) in [7, 11) is 0. The van der Waals surface area contributed by atoms with E-state index in [1.54, 1.807) is 0 Å². The molecule has 0 spiro atoms. The fourth-order valence-corrected chi connectivity index (χ4v) is 2.18. The predicted molar refractivity (Wildman–Crippen MR) is 80.6 cm³/mol. The monoisotopic (exact) mass is 271 g/mol. The number of esters is 1. The quantitative estimate of drug-likeness (QED) is 0.622. The normalized spacial score (nSPS) is 21.3. The van der Waals surface area contributed by atoms with E-state index in [0.29, 0.717) is 5.70 Å². The SMILES string of the molecule is CC(C)/C=C1\N=C(c2ccccc2)[C@H](C(C)C)OC1=O. The van der Waals surface area contributed by atoms with Crippen LogP contribution in [0, 0.1) is 11.8 Å². The van der Waals surface area contributed by atoms with E-state index in [-0.39, 0.29) is 23.9 Å². The highest BCUT2D eigenvalue weighted by molar-refractivity contribution is 6.10. The van der Waals surface area contributed by atoms with Crippen LogP contribution in [0.4, 0.5) is 0 Å². The minimum Gasteiger partial charge on any atom is -0.451 e. The maximum Gasteiger partial charge on any atom is 0.357 e. The van der Waals surface area contributed by atoms with E-state index in [1.165, 1.54) is 0 Å². The van der Waals surface area contributed by atoms with Gasteiger partial charge in [0.15, 0.2) is 0 Å². The van der Waals surface area contributed by atoms with Gasteiger partial charge in [0.2, 0.25) is 0 Å². The minimum atomic E-state index is -0.322. The summed E-state index contributed by atoms with van der Waals surface area (Å²) in [6, 6.07) is 9.91. The lowest BCUT2D eigenvalue weighted by Crippen LogP contribution is -2.37. The molecule has 1 heterocycles. The summed E-state index contributed by atoms with van der Waals surface area (Å²) in [5.74, 6) is 0.129. The summed E-state index contributed by atoms with van der Waals surface area (Å²) in [6.45, 7) is 8.11. The van der Waals surface area contributed by atoms with Crippen LogP contribution >= 0.6 is 0 Å². The first-order chi connectivity index (χ1) is 9.49. The van der Waals surface area contributed by atoms with E-state index in [0.717, 1.165) is 11.3 Å². The van der Waals surface area contributed by atoms with E-state index in [2.05, 4.69) is 4.99 Å². The summed E-state index contributed by atoms with van der Waals surface area (Å²) in [6.07, 6.45) is 1.57. The molecular formula is C17H21NO2. The summed E-state index contributed by atoms with van der Waals surface area (Å²) in [5.41, 5.74) is 2.26. The molecule has 20 heavy (non-hydrogen) atoms. The van der Waals surface area contributed by atoms with E-state index in [1.807, 2.05) is 64.1 Å². The Bertz CT molecular complexity index is 541. The molecule has 0 aromatic heterocycles. The van der Waals surface area contributed by atoms with Crippen molar-refractivity contribution in [2.24, 2.45) is 16.8 Å². The van der Waals surface area contributed by atoms with Crippen molar-refractivity contribution in [1.29, 1.82) is 0 Å². The first kappa shape index (κ1) is 14.5. The van der Waals surface area contributed by atoms with E-state index in [9.17, 15) is 4.79 Å². The van der Waals surface area contributed by atoms with Crippen molar-refractivity contribution >= 4 is 11.7 Å². The number of carbonyl (C=O) groups excluding carboxylic acids is 1. The number of hydrogen-bond donors (Lipinski definition) is 0. The van der Waals surface area contributed by atoms with Crippen molar-refractivity contribution < 1.29 is 9.53 Å². The molecule has 1 aliphatic heterocycles. The van der Waals surface area contributed by atoms with E-state index in [4.69, 9.17) is 4.74 Å². The molecule has 0 amide bonds. The molecular weight excluding hydrogens is 250 g/mol. The zero-order valence-electron chi connectivity index (χ0n) is 12.5. The third kappa shape index (κ3) is 3.16. The Morgan fingerprint density at radius 2 is 1.80 bits per heavy atom. The summed E-state index contributed by atoms with van der Waals surface area (Å²) < 4.78 is 5.59. The molecule has 0 N–H and O–H groups in total. The van der Waals surface area contributed by atoms with Crippen LogP contribution in [0.1, 0.15) is 33.3 Å². The Balaban J connectivity index is 2.48. The van der Waals surface area contributed by atoms with Gasteiger partial charge in [-0.25, -0.2) is 9.79 Å². The lowest BCUT2D eigenvalue weighted by atomic mass is 9.95. The van der Waals surface area contributed by atoms with Gasteiger partial charge < -0.3 is 4.74 Å². The molecule has 0 bridgehead atoms. The molecule has 0 unspecified atom stereocenters. The third-order valence-corrected chi connectivity index (χ3v) is 3.12. The Kier molecular flexibility index (Phi) is 4.38. The van der Waals surface area contributed by atoms with Gasteiger partial charge in [-0.2, -0.15) is 0 Å². The van der Waals surface area contributed by atoms with Gasteiger partial charge in [0, 0.05) is 0 Å². The fourth-order valence-electron chi connectivity index (χ4n) is 2.18. The minimum absolute atomic E-state index is 0.193. The average Bonchev–Trinajstić information content (AvgIpc) is 2.41. The van der Waals surface area contributed by atoms with Crippen molar-refractivity contribution in [2.45, 2.75) is 33.8 Å². The van der Waals surface area contributed by atoms with Crippen molar-refractivity contribution in [3.8, 4) is 0 Å². The number of aliphatic imine (C=N–C) groups is 1. The molecule has 1 aromatic carbocycles.